The zero-order chi connectivity index (χ0) is 49.3. The molecule has 0 radical (unpaired) electrons. The fourth-order valence-electron chi connectivity index (χ4n) is 13.0. The fraction of sp³-hybridized carbons (Fsp3) is 0.0571. The SMILES string of the molecule is Cc1ccc(N(c2ccccc2)c2cccc3c2c2cccc4c5c(-c6ccccc6)c6c(c(-c7ccccc7)c5n3c24)c2cccc3c4c(N(c5ccccc5)c5ccc(C)cc5C)cccc4n6c32)c(C)c1. The number of hydrogen-bond acceptors (Lipinski definition) is 2. The summed E-state index contributed by atoms with van der Waals surface area (Å²) in [4.78, 5) is 4.94. The molecule has 0 saturated carbocycles. The lowest BCUT2D eigenvalue weighted by Gasteiger charge is -2.28. The van der Waals surface area contributed by atoms with Gasteiger partial charge in [0.15, 0.2) is 0 Å². The number of para-hydroxylation sites is 4. The monoisotopic (exact) mass is 946 g/mol. The number of nitrogens with zero attached hydrogens (tertiary/aromatic N) is 4. The molecular weight excluding hydrogens is 897 g/mol. The molecule has 4 heterocycles. The van der Waals surface area contributed by atoms with Crippen molar-refractivity contribution < 1.29 is 0 Å². The van der Waals surface area contributed by atoms with Gasteiger partial charge in [-0.3, -0.25) is 0 Å². The van der Waals surface area contributed by atoms with Crippen LogP contribution in [-0.2, 0) is 0 Å². The van der Waals surface area contributed by atoms with E-state index >= 15 is 0 Å². The van der Waals surface area contributed by atoms with Gasteiger partial charge in [-0.2, -0.15) is 0 Å². The molecule has 4 aromatic heterocycles. The summed E-state index contributed by atoms with van der Waals surface area (Å²) < 4.78 is 5.26. The Hall–Kier alpha value is -9.38. The molecule has 0 aliphatic heterocycles. The molecule has 0 fully saturated rings. The van der Waals surface area contributed by atoms with Gasteiger partial charge in [0.1, 0.15) is 0 Å². The molecule has 0 aliphatic rings. The van der Waals surface area contributed by atoms with Crippen LogP contribution in [0, 0.1) is 27.7 Å². The molecule has 0 saturated heterocycles. The van der Waals surface area contributed by atoms with Gasteiger partial charge in [-0.05, 0) is 111 Å². The first-order valence-electron chi connectivity index (χ1n) is 25.8. The van der Waals surface area contributed by atoms with Gasteiger partial charge < -0.3 is 18.6 Å². The number of rotatable bonds is 8. The van der Waals surface area contributed by atoms with Crippen molar-refractivity contribution in [3.05, 3.63) is 253 Å². The van der Waals surface area contributed by atoms with E-state index in [2.05, 4.69) is 277 Å². The molecule has 15 rings (SSSR count). The molecule has 0 spiro atoms. The first kappa shape index (κ1) is 42.3. The summed E-state index contributed by atoms with van der Waals surface area (Å²) in [5.41, 5.74) is 24.0. The van der Waals surface area contributed by atoms with Crippen LogP contribution in [0.2, 0.25) is 0 Å². The number of fused-ring (bicyclic) bond motifs is 12. The molecule has 0 atom stereocenters. The lowest BCUT2D eigenvalue weighted by Crippen LogP contribution is -2.11. The van der Waals surface area contributed by atoms with Crippen molar-refractivity contribution in [3.63, 3.8) is 0 Å². The van der Waals surface area contributed by atoms with Crippen LogP contribution in [-0.4, -0.2) is 8.80 Å². The maximum absolute atomic E-state index is 2.63. The summed E-state index contributed by atoms with van der Waals surface area (Å²) in [7, 11) is 0. The minimum Gasteiger partial charge on any atom is -0.310 e. The smallest absolute Gasteiger partial charge is 0.0634 e. The van der Waals surface area contributed by atoms with E-state index in [9.17, 15) is 0 Å². The maximum Gasteiger partial charge on any atom is 0.0634 e. The van der Waals surface area contributed by atoms with Crippen molar-refractivity contribution in [1.29, 1.82) is 0 Å². The largest absolute Gasteiger partial charge is 0.310 e. The zero-order valence-corrected chi connectivity index (χ0v) is 41.7. The highest BCUT2D eigenvalue weighted by Gasteiger charge is 2.32. The lowest BCUT2D eigenvalue weighted by molar-refractivity contribution is 1.25. The lowest BCUT2D eigenvalue weighted by atomic mass is 9.89. The van der Waals surface area contributed by atoms with E-state index in [4.69, 9.17) is 0 Å². The number of aromatic nitrogens is 2. The zero-order valence-electron chi connectivity index (χ0n) is 41.7. The van der Waals surface area contributed by atoms with E-state index in [1.807, 2.05) is 0 Å². The number of anilines is 6. The van der Waals surface area contributed by atoms with Crippen molar-refractivity contribution in [3.8, 4) is 22.3 Å². The molecule has 0 aliphatic carbocycles. The standard InChI is InChI=1S/C70H50N4/c1-43-37-39-55(45(3)41-43)71(49-25-13-7-14-26-49)57-33-19-35-59-63(57)51-29-17-31-53-65-62(48-23-11-6-12-24-48)70-66(61(47-21-9-5-10-22-47)69(65)73(59)67(51)53)54-32-18-30-52-64-58(34-20-36-60(64)74(70)68(52)54)72(50-27-15-8-16-28-50)56-40-38-44(2)42-46(56)4/h5-42H,1-4H3. The van der Waals surface area contributed by atoms with Gasteiger partial charge in [-0.1, -0.05) is 181 Å². The molecule has 11 aromatic carbocycles. The molecule has 4 nitrogen and oxygen atoms in total. The fourth-order valence-corrected chi connectivity index (χ4v) is 13.0. The summed E-state index contributed by atoms with van der Waals surface area (Å²) in [5.74, 6) is 0. The van der Waals surface area contributed by atoms with Crippen LogP contribution in [0.4, 0.5) is 34.1 Å². The second-order valence-corrected chi connectivity index (χ2v) is 20.3. The predicted molar refractivity (Wildman–Crippen MR) is 315 cm³/mol. The third-order valence-corrected chi connectivity index (χ3v) is 15.8. The molecule has 0 N–H and O–H groups in total. The minimum atomic E-state index is 1.13. The Morgan fingerprint density at radius 3 is 1.01 bits per heavy atom. The predicted octanol–water partition coefficient (Wildman–Crippen LogP) is 19.5. The van der Waals surface area contributed by atoms with Crippen LogP contribution in [0.1, 0.15) is 22.3 Å². The second kappa shape index (κ2) is 16.1. The number of hydrogen-bond donors (Lipinski definition) is 0. The van der Waals surface area contributed by atoms with E-state index in [1.54, 1.807) is 0 Å². The van der Waals surface area contributed by atoms with Crippen molar-refractivity contribution in [2.45, 2.75) is 27.7 Å². The van der Waals surface area contributed by atoms with Gasteiger partial charge in [-0.15, -0.1) is 0 Å². The molecule has 0 amide bonds. The third-order valence-electron chi connectivity index (χ3n) is 15.8. The minimum absolute atomic E-state index is 1.13. The summed E-state index contributed by atoms with van der Waals surface area (Å²) in [5, 5.41) is 9.94. The summed E-state index contributed by atoms with van der Waals surface area (Å²) in [6, 6.07) is 85.6. The van der Waals surface area contributed by atoms with E-state index < -0.39 is 0 Å². The molecule has 15 aromatic rings. The first-order valence-corrected chi connectivity index (χ1v) is 25.8. The topological polar surface area (TPSA) is 15.3 Å². The van der Waals surface area contributed by atoms with Crippen molar-refractivity contribution in [2.24, 2.45) is 0 Å². The highest BCUT2D eigenvalue weighted by molar-refractivity contribution is 6.39. The number of aryl methyl sites for hydroxylation is 4. The molecular formula is C70H50N4. The van der Waals surface area contributed by atoms with E-state index in [-0.39, 0.29) is 0 Å². The van der Waals surface area contributed by atoms with E-state index in [1.165, 1.54) is 132 Å². The first-order chi connectivity index (χ1) is 36.4. The van der Waals surface area contributed by atoms with Crippen LogP contribution >= 0.6 is 0 Å². The van der Waals surface area contributed by atoms with Gasteiger partial charge in [-0.25, -0.2) is 0 Å². The quantitative estimate of drug-likeness (QED) is 0.151. The Bertz CT molecular complexity index is 4380. The van der Waals surface area contributed by atoms with Gasteiger partial charge in [0, 0.05) is 77.0 Å². The Labute approximate surface area is 429 Å². The third kappa shape index (κ3) is 5.91. The molecule has 74 heavy (non-hydrogen) atoms. The van der Waals surface area contributed by atoms with E-state index in [0.717, 1.165) is 22.7 Å². The normalized spacial score (nSPS) is 12.1. The Morgan fingerprint density at radius 1 is 0.284 bits per heavy atom. The highest BCUT2D eigenvalue weighted by Crippen LogP contribution is 2.56. The molecule has 350 valence electrons. The molecule has 0 unspecified atom stereocenters. The average molecular weight is 947 g/mol. The Balaban J connectivity index is 1.14. The second-order valence-electron chi connectivity index (χ2n) is 20.3. The van der Waals surface area contributed by atoms with Crippen LogP contribution < -0.4 is 9.80 Å². The average Bonchev–Trinajstić information content (AvgIpc) is 4.20. The van der Waals surface area contributed by atoms with Gasteiger partial charge >= 0.3 is 0 Å². The van der Waals surface area contributed by atoms with Crippen LogP contribution in [0.3, 0.4) is 0 Å². The molecule has 0 bridgehead atoms. The van der Waals surface area contributed by atoms with Crippen molar-refractivity contribution in [2.75, 3.05) is 9.80 Å². The molecule has 4 heteroatoms. The van der Waals surface area contributed by atoms with Crippen LogP contribution in [0.25, 0.3) is 98.4 Å². The van der Waals surface area contributed by atoms with Crippen LogP contribution in [0.15, 0.2) is 231 Å². The summed E-state index contributed by atoms with van der Waals surface area (Å²) in [6.07, 6.45) is 0. The van der Waals surface area contributed by atoms with Gasteiger partial charge in [0.2, 0.25) is 0 Å². The Morgan fingerprint density at radius 2 is 0.635 bits per heavy atom. The maximum atomic E-state index is 2.63. The Kier molecular flexibility index (Phi) is 9.19. The van der Waals surface area contributed by atoms with Crippen molar-refractivity contribution >= 4 is 110 Å². The number of benzene rings is 11. The highest BCUT2D eigenvalue weighted by atomic mass is 15.2. The summed E-state index contributed by atoms with van der Waals surface area (Å²) in [6.45, 7) is 8.83. The van der Waals surface area contributed by atoms with E-state index in [0.29, 0.717) is 0 Å². The van der Waals surface area contributed by atoms with Gasteiger partial charge in [0.25, 0.3) is 0 Å². The van der Waals surface area contributed by atoms with Crippen LogP contribution in [0.5, 0.6) is 0 Å². The van der Waals surface area contributed by atoms with Crippen molar-refractivity contribution in [1.82, 2.24) is 8.80 Å². The van der Waals surface area contributed by atoms with Gasteiger partial charge in [0.05, 0.1) is 44.5 Å². The summed E-state index contributed by atoms with van der Waals surface area (Å²) >= 11 is 0.